The lowest BCUT2D eigenvalue weighted by Gasteiger charge is -2.28. The van der Waals surface area contributed by atoms with Gasteiger partial charge in [-0.25, -0.2) is 0 Å². The molecule has 130 valence electrons. The number of aryl methyl sites for hydroxylation is 1. The Morgan fingerprint density at radius 1 is 1.25 bits per heavy atom. The van der Waals surface area contributed by atoms with E-state index in [1.54, 1.807) is 4.90 Å². The van der Waals surface area contributed by atoms with Gasteiger partial charge in [0.05, 0.1) is 0 Å². The molecule has 0 saturated carbocycles. The third-order valence-corrected chi connectivity index (χ3v) is 5.89. The van der Waals surface area contributed by atoms with Crippen molar-refractivity contribution >= 4 is 23.6 Å². The van der Waals surface area contributed by atoms with Crippen molar-refractivity contribution in [3.63, 3.8) is 0 Å². The van der Waals surface area contributed by atoms with Crippen LogP contribution in [0.1, 0.15) is 30.4 Å². The molecule has 2 aliphatic heterocycles. The van der Waals surface area contributed by atoms with Crippen molar-refractivity contribution in [1.82, 2.24) is 9.80 Å². The molecular weight excluding hydrogens is 320 g/mol. The summed E-state index contributed by atoms with van der Waals surface area (Å²) in [6.45, 7) is 4.28. The molecule has 2 atom stereocenters. The Balaban J connectivity index is 1.66. The van der Waals surface area contributed by atoms with Crippen LogP contribution < -0.4 is 0 Å². The summed E-state index contributed by atoms with van der Waals surface area (Å²) in [6, 6.07) is 7.94. The van der Waals surface area contributed by atoms with Gasteiger partial charge in [-0.2, -0.15) is 11.8 Å². The van der Waals surface area contributed by atoms with Gasteiger partial charge in [0.1, 0.15) is 6.04 Å². The Hall–Kier alpha value is -1.49. The lowest BCUT2D eigenvalue weighted by Crippen LogP contribution is -2.45. The third kappa shape index (κ3) is 3.77. The lowest BCUT2D eigenvalue weighted by molar-refractivity contribution is -0.141. The number of rotatable bonds is 5. The Morgan fingerprint density at radius 3 is 2.71 bits per heavy atom. The lowest BCUT2D eigenvalue weighted by atomic mass is 10.1. The molecule has 2 fully saturated rings. The quantitative estimate of drug-likeness (QED) is 0.823. The standard InChI is InChI=1S/C19H26N2O2S/c1-14-3-5-15(6-4-14)12-21-17(7-8-18(21)22)19(23)20-10-9-16(11-20)13-24-2/h3-6,16-17H,7-13H2,1-2H3/t16-,17-/m0/s1. The van der Waals surface area contributed by atoms with Crippen LogP contribution in [0.5, 0.6) is 0 Å². The molecule has 0 aromatic heterocycles. The van der Waals surface area contributed by atoms with E-state index in [0.29, 0.717) is 25.3 Å². The van der Waals surface area contributed by atoms with Gasteiger partial charge in [0.2, 0.25) is 11.8 Å². The minimum absolute atomic E-state index is 0.105. The molecule has 3 rings (SSSR count). The van der Waals surface area contributed by atoms with Crippen LogP contribution in [0, 0.1) is 12.8 Å². The summed E-state index contributed by atoms with van der Waals surface area (Å²) in [5, 5.41) is 0. The number of carbonyl (C=O) groups is 2. The Morgan fingerprint density at radius 2 is 2.00 bits per heavy atom. The first-order valence-corrected chi connectivity index (χ1v) is 10.1. The van der Waals surface area contributed by atoms with Gasteiger partial charge >= 0.3 is 0 Å². The maximum atomic E-state index is 12.9. The molecule has 2 aliphatic rings. The van der Waals surface area contributed by atoms with Crippen LogP contribution in [0.15, 0.2) is 24.3 Å². The highest BCUT2D eigenvalue weighted by atomic mass is 32.2. The Kier molecular flexibility index (Phi) is 5.49. The van der Waals surface area contributed by atoms with Crippen LogP contribution in [0.3, 0.4) is 0 Å². The van der Waals surface area contributed by atoms with Crippen LogP contribution in [0.2, 0.25) is 0 Å². The topological polar surface area (TPSA) is 40.6 Å². The van der Waals surface area contributed by atoms with Crippen molar-refractivity contribution in [3.05, 3.63) is 35.4 Å². The molecule has 0 spiro atoms. The molecule has 0 aliphatic carbocycles. The number of benzene rings is 1. The van der Waals surface area contributed by atoms with Gasteiger partial charge in [0.25, 0.3) is 0 Å². The molecule has 2 amide bonds. The van der Waals surface area contributed by atoms with Gasteiger partial charge in [-0.05, 0) is 43.3 Å². The predicted octanol–water partition coefficient (Wildman–Crippen LogP) is 2.70. The van der Waals surface area contributed by atoms with Crippen LogP contribution in [-0.4, -0.2) is 52.8 Å². The Labute approximate surface area is 148 Å². The minimum Gasteiger partial charge on any atom is -0.341 e. The van der Waals surface area contributed by atoms with Crippen LogP contribution in [0.25, 0.3) is 0 Å². The van der Waals surface area contributed by atoms with Crippen molar-refractivity contribution < 1.29 is 9.59 Å². The zero-order chi connectivity index (χ0) is 17.1. The van der Waals surface area contributed by atoms with E-state index in [9.17, 15) is 9.59 Å². The molecular formula is C19H26N2O2S. The molecule has 24 heavy (non-hydrogen) atoms. The maximum Gasteiger partial charge on any atom is 0.245 e. The van der Waals surface area contributed by atoms with Crippen LogP contribution in [0.4, 0.5) is 0 Å². The largest absolute Gasteiger partial charge is 0.341 e. The fourth-order valence-electron chi connectivity index (χ4n) is 3.69. The van der Waals surface area contributed by atoms with E-state index in [0.717, 1.165) is 30.8 Å². The Bertz CT molecular complexity index is 602. The van der Waals surface area contributed by atoms with Crippen molar-refractivity contribution in [3.8, 4) is 0 Å². The number of nitrogens with zero attached hydrogens (tertiary/aromatic N) is 2. The monoisotopic (exact) mass is 346 g/mol. The zero-order valence-corrected chi connectivity index (χ0v) is 15.3. The van der Waals surface area contributed by atoms with Crippen molar-refractivity contribution in [2.24, 2.45) is 5.92 Å². The van der Waals surface area contributed by atoms with Crippen molar-refractivity contribution in [2.45, 2.75) is 38.8 Å². The first-order valence-electron chi connectivity index (χ1n) is 8.71. The average Bonchev–Trinajstić information content (AvgIpc) is 3.17. The number of carbonyl (C=O) groups excluding carboxylic acids is 2. The molecule has 0 bridgehead atoms. The van der Waals surface area contributed by atoms with Gasteiger partial charge < -0.3 is 9.80 Å². The summed E-state index contributed by atoms with van der Waals surface area (Å²) in [5.74, 6) is 1.97. The number of likely N-dealkylation sites (tertiary alicyclic amines) is 2. The van der Waals surface area contributed by atoms with E-state index >= 15 is 0 Å². The molecule has 4 nitrogen and oxygen atoms in total. The van der Waals surface area contributed by atoms with E-state index in [-0.39, 0.29) is 17.9 Å². The molecule has 5 heteroatoms. The summed E-state index contributed by atoms with van der Waals surface area (Å²) in [5.41, 5.74) is 2.30. The molecule has 0 radical (unpaired) electrons. The number of hydrogen-bond donors (Lipinski definition) is 0. The normalized spacial score (nSPS) is 24.0. The molecule has 1 aromatic carbocycles. The first-order chi connectivity index (χ1) is 11.6. The van der Waals surface area contributed by atoms with Gasteiger partial charge in [0.15, 0.2) is 0 Å². The van der Waals surface area contributed by atoms with E-state index in [1.807, 2.05) is 28.8 Å². The minimum atomic E-state index is -0.271. The second kappa shape index (κ2) is 7.60. The summed E-state index contributed by atoms with van der Waals surface area (Å²) in [4.78, 5) is 29.0. The van der Waals surface area contributed by atoms with Crippen LogP contribution in [-0.2, 0) is 16.1 Å². The maximum absolute atomic E-state index is 12.9. The summed E-state index contributed by atoms with van der Waals surface area (Å²) >= 11 is 1.85. The fraction of sp³-hybridized carbons (Fsp3) is 0.579. The summed E-state index contributed by atoms with van der Waals surface area (Å²) in [6.07, 6.45) is 4.35. The number of amides is 2. The highest BCUT2D eigenvalue weighted by Gasteiger charge is 2.39. The van der Waals surface area contributed by atoms with E-state index in [1.165, 1.54) is 5.56 Å². The van der Waals surface area contributed by atoms with Crippen LogP contribution >= 0.6 is 11.8 Å². The molecule has 0 N–H and O–H groups in total. The second-order valence-electron chi connectivity index (χ2n) is 6.96. The molecule has 1 aromatic rings. The van der Waals surface area contributed by atoms with Crippen molar-refractivity contribution in [2.75, 3.05) is 25.1 Å². The highest BCUT2D eigenvalue weighted by molar-refractivity contribution is 7.98. The fourth-order valence-corrected chi connectivity index (χ4v) is 4.44. The van der Waals surface area contributed by atoms with E-state index in [4.69, 9.17) is 0 Å². The number of hydrogen-bond acceptors (Lipinski definition) is 3. The first kappa shape index (κ1) is 17.3. The van der Waals surface area contributed by atoms with Gasteiger partial charge in [0, 0.05) is 26.1 Å². The second-order valence-corrected chi connectivity index (χ2v) is 7.87. The molecule has 2 heterocycles. The smallest absolute Gasteiger partial charge is 0.245 e. The van der Waals surface area contributed by atoms with Gasteiger partial charge in [-0.1, -0.05) is 29.8 Å². The molecule has 0 unspecified atom stereocenters. The SMILES string of the molecule is CSC[C@H]1CCN(C(=O)[C@@H]2CCC(=O)N2Cc2ccc(C)cc2)C1. The highest BCUT2D eigenvalue weighted by Crippen LogP contribution is 2.27. The average molecular weight is 346 g/mol. The van der Waals surface area contributed by atoms with Gasteiger partial charge in [-0.3, -0.25) is 9.59 Å². The van der Waals surface area contributed by atoms with Crippen molar-refractivity contribution in [1.29, 1.82) is 0 Å². The van der Waals surface area contributed by atoms with Gasteiger partial charge in [-0.15, -0.1) is 0 Å². The summed E-state index contributed by atoms with van der Waals surface area (Å²) < 4.78 is 0. The number of thioether (sulfide) groups is 1. The van der Waals surface area contributed by atoms with E-state index < -0.39 is 0 Å². The molecule has 2 saturated heterocycles. The summed E-state index contributed by atoms with van der Waals surface area (Å²) in [7, 11) is 0. The van der Waals surface area contributed by atoms with E-state index in [2.05, 4.69) is 25.3 Å². The third-order valence-electron chi connectivity index (χ3n) is 5.09. The predicted molar refractivity (Wildman–Crippen MR) is 97.8 cm³/mol. The zero-order valence-electron chi connectivity index (χ0n) is 14.5.